The third-order valence-corrected chi connectivity index (χ3v) is 7.52. The van der Waals surface area contributed by atoms with Crippen LogP contribution in [-0.2, 0) is 11.3 Å². The van der Waals surface area contributed by atoms with Crippen LogP contribution in [0.4, 0.5) is 0 Å². The number of rotatable bonds is 1. The maximum Gasteiger partial charge on any atom is 0.252 e. The molecule has 2 aromatic heterocycles. The Morgan fingerprint density at radius 1 is 1.12 bits per heavy atom. The number of benzene rings is 3. The number of carbonyl (C=O) groups is 1. The average Bonchev–Trinajstić information content (AvgIpc) is 3.48. The first-order chi connectivity index (χ1) is 16.4. The maximum absolute atomic E-state index is 13.2. The molecule has 0 radical (unpaired) electrons. The highest BCUT2D eigenvalue weighted by Crippen LogP contribution is 2.46. The summed E-state index contributed by atoms with van der Waals surface area (Å²) in [5.41, 5.74) is 9.44. The van der Waals surface area contributed by atoms with Gasteiger partial charge in [0.2, 0.25) is 0 Å². The van der Waals surface area contributed by atoms with Gasteiger partial charge >= 0.3 is 0 Å². The van der Waals surface area contributed by atoms with Crippen molar-refractivity contribution < 1.29 is 25.5 Å². The summed E-state index contributed by atoms with van der Waals surface area (Å²) in [6.45, 7) is 1.95. The molecular formula is C26H25N4O4+. The summed E-state index contributed by atoms with van der Waals surface area (Å²) in [7, 11) is 0. The van der Waals surface area contributed by atoms with Gasteiger partial charge in [-0.15, -0.1) is 0 Å². The molecule has 0 saturated carbocycles. The fourth-order valence-electron chi connectivity index (χ4n) is 6.03. The second-order valence-corrected chi connectivity index (χ2v) is 9.64. The van der Waals surface area contributed by atoms with Crippen LogP contribution in [0.1, 0.15) is 35.5 Å². The van der Waals surface area contributed by atoms with Gasteiger partial charge in [0.05, 0.1) is 22.1 Å². The van der Waals surface area contributed by atoms with Gasteiger partial charge in [-0.25, -0.2) is 0 Å². The van der Waals surface area contributed by atoms with Crippen LogP contribution in [0.15, 0.2) is 48.5 Å². The van der Waals surface area contributed by atoms with E-state index >= 15 is 0 Å². The lowest BCUT2D eigenvalue weighted by Crippen LogP contribution is -2.73. The topological polar surface area (TPSA) is 127 Å². The Bertz CT molecular complexity index is 1660. The van der Waals surface area contributed by atoms with Crippen molar-refractivity contribution in [3.05, 3.63) is 59.7 Å². The Balaban J connectivity index is 1.69. The quantitative estimate of drug-likeness (QED) is 0.265. The summed E-state index contributed by atoms with van der Waals surface area (Å²) in [5.74, 6) is -1.84. The van der Waals surface area contributed by atoms with Crippen molar-refractivity contribution in [1.29, 1.82) is 0 Å². The zero-order valence-corrected chi connectivity index (χ0v) is 18.6. The van der Waals surface area contributed by atoms with Gasteiger partial charge in [-0.1, -0.05) is 36.4 Å². The van der Waals surface area contributed by atoms with E-state index in [4.69, 9.17) is 4.74 Å². The number of quaternary nitrogens is 1. The van der Waals surface area contributed by atoms with Crippen molar-refractivity contribution >= 4 is 49.5 Å². The third-order valence-electron chi connectivity index (χ3n) is 7.52. The van der Waals surface area contributed by atoms with Gasteiger partial charge < -0.3 is 35.6 Å². The van der Waals surface area contributed by atoms with Crippen molar-refractivity contribution in [2.24, 2.45) is 0 Å². The molecule has 7 N–H and O–H groups in total. The van der Waals surface area contributed by atoms with Crippen molar-refractivity contribution in [1.82, 2.24) is 14.9 Å². The molecule has 0 aliphatic carbocycles. The SMILES string of the molecule is CC1(O)O[C@@H](n2c3ccccc3c3c4c(c5c6ccccc6[nH]c5c32)CNC4=O)C[C@@H]([NH3+])[C@H]1O. The highest BCUT2D eigenvalue weighted by atomic mass is 16.7. The van der Waals surface area contributed by atoms with Crippen LogP contribution in [0, 0.1) is 0 Å². The van der Waals surface area contributed by atoms with E-state index in [1.165, 1.54) is 6.92 Å². The first kappa shape index (κ1) is 20.0. The van der Waals surface area contributed by atoms with E-state index in [1.54, 1.807) is 0 Å². The third kappa shape index (κ3) is 2.43. The molecule has 2 aliphatic rings. The van der Waals surface area contributed by atoms with E-state index in [2.05, 4.69) is 26.7 Å². The number of aromatic amines is 1. The van der Waals surface area contributed by atoms with Gasteiger partial charge in [0.1, 0.15) is 12.3 Å². The number of hydrogen-bond donors (Lipinski definition) is 5. The van der Waals surface area contributed by atoms with Crippen LogP contribution in [-0.4, -0.2) is 43.6 Å². The molecule has 8 nitrogen and oxygen atoms in total. The molecule has 2 aliphatic heterocycles. The summed E-state index contributed by atoms with van der Waals surface area (Å²) < 4.78 is 8.16. The van der Waals surface area contributed by atoms with Crippen molar-refractivity contribution in [2.75, 3.05) is 0 Å². The largest absolute Gasteiger partial charge is 0.382 e. The standard InChI is InChI=1S/C26H24N4O4/c1-26(33)24(31)15(27)10-18(34-26)30-17-9-5-3-7-13(17)20-21-14(11-28-25(21)32)19-12-6-2-4-8-16(12)29-22(19)23(20)30/h2-9,15,18,24,29,31,33H,10-11,27H2,1H3,(H,28,32)/p+1/t15-,18-,24-,26?/m1/s1. The second kappa shape index (κ2) is 6.58. The molecule has 7 rings (SSSR count). The number of nitrogens with one attached hydrogen (secondary N) is 2. The van der Waals surface area contributed by atoms with Crippen LogP contribution in [0.25, 0.3) is 43.6 Å². The van der Waals surface area contributed by atoms with Gasteiger partial charge in [0.25, 0.3) is 5.91 Å². The second-order valence-electron chi connectivity index (χ2n) is 9.64. The number of aliphatic hydroxyl groups excluding tert-OH is 1. The molecule has 8 heteroatoms. The highest BCUT2D eigenvalue weighted by Gasteiger charge is 2.47. The van der Waals surface area contributed by atoms with E-state index in [-0.39, 0.29) is 5.91 Å². The monoisotopic (exact) mass is 457 g/mol. The van der Waals surface area contributed by atoms with Crippen molar-refractivity contribution in [3.8, 4) is 0 Å². The molecule has 4 atom stereocenters. The molecule has 5 aromatic rings. The van der Waals surface area contributed by atoms with Gasteiger partial charge in [0.15, 0.2) is 11.9 Å². The minimum absolute atomic E-state index is 0.0860. The number of hydrogen-bond acceptors (Lipinski definition) is 4. The Morgan fingerprint density at radius 3 is 2.65 bits per heavy atom. The normalized spacial score (nSPS) is 27.2. The van der Waals surface area contributed by atoms with Gasteiger partial charge in [-0.3, -0.25) is 4.79 Å². The number of nitrogens with zero attached hydrogens (tertiary/aromatic N) is 1. The minimum Gasteiger partial charge on any atom is -0.382 e. The summed E-state index contributed by atoms with van der Waals surface area (Å²) in [6.07, 6.45) is -1.27. The molecule has 1 unspecified atom stereocenters. The lowest BCUT2D eigenvalue weighted by Gasteiger charge is -2.41. The number of aliphatic hydroxyl groups is 2. The maximum atomic E-state index is 13.2. The number of aromatic nitrogens is 2. The average molecular weight is 458 g/mol. The number of ether oxygens (including phenoxy) is 1. The lowest BCUT2D eigenvalue weighted by atomic mass is 9.96. The number of carbonyl (C=O) groups excluding carboxylic acids is 1. The molecule has 172 valence electrons. The minimum atomic E-state index is -1.75. The van der Waals surface area contributed by atoms with Crippen molar-refractivity contribution in [3.63, 3.8) is 0 Å². The number of para-hydroxylation sites is 2. The highest BCUT2D eigenvalue weighted by molar-refractivity contribution is 6.30. The van der Waals surface area contributed by atoms with Crippen molar-refractivity contribution in [2.45, 2.75) is 44.1 Å². The molecule has 0 spiro atoms. The molecule has 4 heterocycles. The molecule has 3 aromatic carbocycles. The van der Waals surface area contributed by atoms with Gasteiger partial charge in [-0.2, -0.15) is 0 Å². The molecule has 34 heavy (non-hydrogen) atoms. The Morgan fingerprint density at radius 2 is 1.85 bits per heavy atom. The lowest BCUT2D eigenvalue weighted by molar-refractivity contribution is -0.484. The van der Waals surface area contributed by atoms with Crippen LogP contribution < -0.4 is 11.1 Å². The fraction of sp³-hybridized carbons (Fsp3) is 0.269. The number of H-pyrrole nitrogens is 1. The Kier molecular flexibility index (Phi) is 3.87. The molecule has 1 fully saturated rings. The summed E-state index contributed by atoms with van der Waals surface area (Å²) >= 11 is 0. The predicted molar refractivity (Wildman–Crippen MR) is 128 cm³/mol. The first-order valence-corrected chi connectivity index (χ1v) is 11.5. The van der Waals surface area contributed by atoms with Gasteiger partial charge in [0, 0.05) is 40.0 Å². The van der Waals surface area contributed by atoms with E-state index in [0.29, 0.717) is 18.5 Å². The first-order valence-electron chi connectivity index (χ1n) is 11.5. The Labute approximate surface area is 193 Å². The zero-order valence-electron chi connectivity index (χ0n) is 18.6. The van der Waals surface area contributed by atoms with Crippen LogP contribution in [0.3, 0.4) is 0 Å². The molecular weight excluding hydrogens is 432 g/mol. The zero-order chi connectivity index (χ0) is 23.4. The fourth-order valence-corrected chi connectivity index (χ4v) is 6.03. The van der Waals surface area contributed by atoms with Crippen LogP contribution in [0.5, 0.6) is 0 Å². The van der Waals surface area contributed by atoms with Crippen LogP contribution >= 0.6 is 0 Å². The molecule has 1 saturated heterocycles. The molecule has 0 bridgehead atoms. The predicted octanol–water partition coefficient (Wildman–Crippen LogP) is 2.27. The smallest absolute Gasteiger partial charge is 0.252 e. The summed E-state index contributed by atoms with van der Waals surface area (Å²) in [6, 6.07) is 15.6. The van der Waals surface area contributed by atoms with Gasteiger partial charge in [-0.05, 0) is 24.6 Å². The summed E-state index contributed by atoms with van der Waals surface area (Å²) in [5, 5.41) is 28.3. The molecule has 1 amide bonds. The Hall–Kier alpha value is -3.43. The summed E-state index contributed by atoms with van der Waals surface area (Å²) in [4.78, 5) is 16.8. The van der Waals surface area contributed by atoms with E-state index in [9.17, 15) is 15.0 Å². The number of amides is 1. The van der Waals surface area contributed by atoms with E-state index in [1.807, 2.05) is 42.5 Å². The van der Waals surface area contributed by atoms with Crippen LogP contribution in [0.2, 0.25) is 0 Å². The van der Waals surface area contributed by atoms with E-state index < -0.39 is 24.2 Å². The van der Waals surface area contributed by atoms with E-state index in [0.717, 1.165) is 49.2 Å². The number of fused-ring (bicyclic) bond motifs is 10.